The van der Waals surface area contributed by atoms with Crippen molar-refractivity contribution in [3.63, 3.8) is 0 Å². The van der Waals surface area contributed by atoms with Gasteiger partial charge in [0.05, 0.1) is 15.7 Å². The molecule has 0 saturated carbocycles. The van der Waals surface area contributed by atoms with Crippen molar-refractivity contribution in [1.29, 1.82) is 0 Å². The molecule has 1 aliphatic heterocycles. The molecule has 146 valence electrons. The minimum Gasteiger partial charge on any atom is -0.325 e. The fourth-order valence-electron chi connectivity index (χ4n) is 2.57. The zero-order valence-corrected chi connectivity index (χ0v) is 19.3. The van der Waals surface area contributed by atoms with Crippen LogP contribution in [0, 0.1) is 3.57 Å². The van der Waals surface area contributed by atoms with Crippen molar-refractivity contribution in [3.8, 4) is 0 Å². The molecule has 0 radical (unpaired) electrons. The summed E-state index contributed by atoms with van der Waals surface area (Å²) in [6, 6.07) is 12.5. The van der Waals surface area contributed by atoms with Gasteiger partial charge >= 0.3 is 0 Å². The van der Waals surface area contributed by atoms with Crippen molar-refractivity contribution >= 4 is 85.9 Å². The largest absolute Gasteiger partial charge is 0.325 e. The minimum atomic E-state index is -0.559. The summed E-state index contributed by atoms with van der Waals surface area (Å²) >= 11 is 15.5. The summed E-state index contributed by atoms with van der Waals surface area (Å²) in [5.41, 5.74) is 1.27. The molecule has 2 amide bonds. The van der Waals surface area contributed by atoms with Gasteiger partial charge in [-0.1, -0.05) is 35.0 Å². The number of amides is 2. The second kappa shape index (κ2) is 9.47. The van der Waals surface area contributed by atoms with Gasteiger partial charge in [-0.3, -0.25) is 14.5 Å². The summed E-state index contributed by atoms with van der Waals surface area (Å²) in [6.45, 7) is 2.34. The van der Waals surface area contributed by atoms with E-state index in [1.165, 1.54) is 11.8 Å². The molecule has 28 heavy (non-hydrogen) atoms. The van der Waals surface area contributed by atoms with Gasteiger partial charge in [0.1, 0.15) is 5.25 Å². The number of benzene rings is 2. The molecule has 0 spiro atoms. The second-order valence-electron chi connectivity index (χ2n) is 5.94. The SMILES string of the molecule is CCN1C(=O)CC(C(=O)Nc2ccc(I)cc2)SC1=Nc1ccc(Cl)c(Cl)c1. The summed E-state index contributed by atoms with van der Waals surface area (Å²) in [7, 11) is 0. The molecule has 5 nitrogen and oxygen atoms in total. The van der Waals surface area contributed by atoms with Crippen LogP contribution in [0.15, 0.2) is 47.5 Å². The number of amidine groups is 1. The first-order valence-electron chi connectivity index (χ1n) is 8.44. The van der Waals surface area contributed by atoms with E-state index in [2.05, 4.69) is 32.9 Å². The lowest BCUT2D eigenvalue weighted by Gasteiger charge is -2.30. The third kappa shape index (κ3) is 5.20. The quantitative estimate of drug-likeness (QED) is 0.508. The molecule has 9 heteroatoms. The predicted octanol–water partition coefficient (Wildman–Crippen LogP) is 5.58. The number of halogens is 3. The van der Waals surface area contributed by atoms with Gasteiger partial charge in [-0.15, -0.1) is 0 Å². The van der Waals surface area contributed by atoms with Crippen LogP contribution in [-0.4, -0.2) is 33.7 Å². The maximum atomic E-state index is 12.7. The van der Waals surface area contributed by atoms with Gasteiger partial charge in [0, 0.05) is 22.2 Å². The lowest BCUT2D eigenvalue weighted by Crippen LogP contribution is -2.45. The van der Waals surface area contributed by atoms with Crippen LogP contribution in [0.1, 0.15) is 13.3 Å². The van der Waals surface area contributed by atoms with E-state index in [9.17, 15) is 9.59 Å². The lowest BCUT2D eigenvalue weighted by atomic mass is 10.2. The summed E-state index contributed by atoms with van der Waals surface area (Å²) in [6.07, 6.45) is 0.120. The average Bonchev–Trinajstić information content (AvgIpc) is 2.66. The highest BCUT2D eigenvalue weighted by atomic mass is 127. The Morgan fingerprint density at radius 1 is 1.25 bits per heavy atom. The van der Waals surface area contributed by atoms with Crippen molar-refractivity contribution < 1.29 is 9.59 Å². The van der Waals surface area contributed by atoms with E-state index in [1.807, 2.05) is 31.2 Å². The molecule has 0 aliphatic carbocycles. The summed E-state index contributed by atoms with van der Waals surface area (Å²) in [5, 5.41) is 3.59. The molecule has 1 unspecified atom stereocenters. The first-order chi connectivity index (χ1) is 13.4. The van der Waals surface area contributed by atoms with Gasteiger partial charge in [0.15, 0.2) is 5.17 Å². The number of anilines is 1. The number of carbonyl (C=O) groups is 2. The number of thioether (sulfide) groups is 1. The average molecular weight is 548 g/mol. The first kappa shape index (κ1) is 21.4. The predicted molar refractivity (Wildman–Crippen MR) is 125 cm³/mol. The van der Waals surface area contributed by atoms with Crippen molar-refractivity contribution in [1.82, 2.24) is 4.90 Å². The zero-order valence-electron chi connectivity index (χ0n) is 14.8. The Kier molecular flexibility index (Phi) is 7.25. The summed E-state index contributed by atoms with van der Waals surface area (Å²) < 4.78 is 1.08. The van der Waals surface area contributed by atoms with Gasteiger partial charge in [0.2, 0.25) is 11.8 Å². The van der Waals surface area contributed by atoms with Crippen molar-refractivity contribution in [2.75, 3.05) is 11.9 Å². The van der Waals surface area contributed by atoms with Gasteiger partial charge in [-0.2, -0.15) is 0 Å². The summed E-state index contributed by atoms with van der Waals surface area (Å²) in [4.78, 5) is 31.4. The number of hydrogen-bond donors (Lipinski definition) is 1. The van der Waals surface area contributed by atoms with E-state index in [4.69, 9.17) is 23.2 Å². The molecule has 2 aromatic carbocycles. The van der Waals surface area contributed by atoms with Gasteiger partial charge in [-0.05, 0) is 72.0 Å². The van der Waals surface area contributed by atoms with Crippen LogP contribution in [0.25, 0.3) is 0 Å². The molecule has 1 fully saturated rings. The number of nitrogens with one attached hydrogen (secondary N) is 1. The van der Waals surface area contributed by atoms with Crippen LogP contribution >= 0.6 is 57.6 Å². The van der Waals surface area contributed by atoms with Crippen LogP contribution in [0.4, 0.5) is 11.4 Å². The third-order valence-corrected chi connectivity index (χ3v) is 6.63. The molecule has 0 bridgehead atoms. The van der Waals surface area contributed by atoms with Crippen molar-refractivity contribution in [2.24, 2.45) is 4.99 Å². The molecule has 2 aromatic rings. The highest BCUT2D eigenvalue weighted by Crippen LogP contribution is 2.32. The van der Waals surface area contributed by atoms with Crippen LogP contribution in [0.3, 0.4) is 0 Å². The van der Waals surface area contributed by atoms with Crippen LogP contribution in [0.5, 0.6) is 0 Å². The van der Waals surface area contributed by atoms with Gasteiger partial charge < -0.3 is 5.32 Å². The zero-order chi connectivity index (χ0) is 20.3. The third-order valence-electron chi connectivity index (χ3n) is 3.99. The molecular formula is C19H16Cl2IN3O2S. The van der Waals surface area contributed by atoms with Crippen molar-refractivity contribution in [2.45, 2.75) is 18.6 Å². The molecule has 1 heterocycles. The molecular weight excluding hydrogens is 532 g/mol. The Morgan fingerprint density at radius 2 is 1.96 bits per heavy atom. The van der Waals surface area contributed by atoms with Crippen LogP contribution in [-0.2, 0) is 9.59 Å². The molecule has 1 N–H and O–H groups in total. The van der Waals surface area contributed by atoms with Crippen molar-refractivity contribution in [3.05, 3.63) is 56.1 Å². The number of aliphatic imine (C=N–C) groups is 1. The van der Waals surface area contributed by atoms with E-state index < -0.39 is 5.25 Å². The van der Waals surface area contributed by atoms with E-state index in [0.29, 0.717) is 33.1 Å². The standard InChI is InChI=1S/C19H16Cl2IN3O2S/c1-2-25-17(26)10-16(18(27)23-12-5-3-11(22)4-6-12)28-19(25)24-13-7-8-14(20)15(21)9-13/h3-9,16H,2,10H2,1H3,(H,23,27). The number of nitrogens with zero attached hydrogens (tertiary/aromatic N) is 2. The Balaban J connectivity index is 1.82. The first-order valence-corrected chi connectivity index (χ1v) is 11.2. The highest BCUT2D eigenvalue weighted by Gasteiger charge is 2.35. The highest BCUT2D eigenvalue weighted by molar-refractivity contribution is 14.1. The minimum absolute atomic E-state index is 0.120. The smallest absolute Gasteiger partial charge is 0.238 e. The molecule has 3 rings (SSSR count). The maximum absolute atomic E-state index is 12.7. The fourth-order valence-corrected chi connectivity index (χ4v) is 4.39. The Morgan fingerprint density at radius 3 is 2.61 bits per heavy atom. The van der Waals surface area contributed by atoms with Crippen LogP contribution in [0.2, 0.25) is 10.0 Å². The molecule has 0 aromatic heterocycles. The van der Waals surface area contributed by atoms with Gasteiger partial charge in [-0.25, -0.2) is 4.99 Å². The number of rotatable bonds is 4. The van der Waals surface area contributed by atoms with Gasteiger partial charge in [0.25, 0.3) is 0 Å². The Hall–Kier alpha value is -1.29. The lowest BCUT2D eigenvalue weighted by molar-refractivity contribution is -0.129. The van der Waals surface area contributed by atoms with E-state index >= 15 is 0 Å². The van der Waals surface area contributed by atoms with E-state index in [0.717, 1.165) is 3.57 Å². The number of hydrogen-bond acceptors (Lipinski definition) is 4. The molecule has 1 aliphatic rings. The monoisotopic (exact) mass is 547 g/mol. The Bertz CT molecular complexity index is 937. The van der Waals surface area contributed by atoms with E-state index in [1.54, 1.807) is 23.1 Å². The molecule has 1 atom stereocenters. The normalized spacial score (nSPS) is 18.4. The fraction of sp³-hybridized carbons (Fsp3) is 0.211. The Labute approximate surface area is 191 Å². The van der Waals surface area contributed by atoms with E-state index in [-0.39, 0.29) is 18.2 Å². The maximum Gasteiger partial charge on any atom is 0.238 e. The molecule has 1 saturated heterocycles. The number of carbonyl (C=O) groups excluding carboxylic acids is 2. The second-order valence-corrected chi connectivity index (χ2v) is 9.17. The topological polar surface area (TPSA) is 61.8 Å². The van der Waals surface area contributed by atoms with Crippen LogP contribution < -0.4 is 5.32 Å². The summed E-state index contributed by atoms with van der Waals surface area (Å²) in [5.74, 6) is -0.361.